The Morgan fingerprint density at radius 1 is 1.32 bits per heavy atom. The average molecular weight is 303 g/mol. The summed E-state index contributed by atoms with van der Waals surface area (Å²) < 4.78 is 0. The number of rotatable bonds is 3. The Kier molecular flexibility index (Phi) is 4.87. The monoisotopic (exact) mass is 303 g/mol. The zero-order valence-electron chi connectivity index (χ0n) is 13.3. The second kappa shape index (κ2) is 7.05. The number of carbonyl (C=O) groups is 1. The standard InChI is InChI=1S/C16H25N5O/c1-13(22)20-5-7-21(8-6-20)16-10-15(18-12-19-16)9-14-3-2-4-17-11-14/h10,12,14,17H,2-9,11H2,1H3/t14-/m0/s1. The Balaban J connectivity index is 1.60. The number of aromatic nitrogens is 2. The molecule has 120 valence electrons. The quantitative estimate of drug-likeness (QED) is 0.890. The molecule has 2 aliphatic heterocycles. The maximum Gasteiger partial charge on any atom is 0.219 e. The third-order valence-corrected chi connectivity index (χ3v) is 4.66. The van der Waals surface area contributed by atoms with E-state index in [1.807, 2.05) is 4.90 Å². The minimum Gasteiger partial charge on any atom is -0.353 e. The zero-order chi connectivity index (χ0) is 15.4. The highest BCUT2D eigenvalue weighted by atomic mass is 16.2. The molecule has 2 aliphatic rings. The fraction of sp³-hybridized carbons (Fsp3) is 0.688. The van der Waals surface area contributed by atoms with Crippen molar-refractivity contribution in [1.82, 2.24) is 20.2 Å². The molecule has 0 bridgehead atoms. The van der Waals surface area contributed by atoms with Gasteiger partial charge < -0.3 is 15.1 Å². The maximum atomic E-state index is 11.4. The number of piperazine rings is 1. The van der Waals surface area contributed by atoms with Crippen LogP contribution in [0.25, 0.3) is 0 Å². The van der Waals surface area contributed by atoms with Crippen LogP contribution < -0.4 is 10.2 Å². The molecule has 1 amide bonds. The molecule has 0 aromatic carbocycles. The molecule has 1 aromatic heterocycles. The van der Waals surface area contributed by atoms with Gasteiger partial charge in [-0.25, -0.2) is 9.97 Å². The molecule has 1 N–H and O–H groups in total. The van der Waals surface area contributed by atoms with Crippen LogP contribution in [0, 0.1) is 5.92 Å². The predicted molar refractivity (Wildman–Crippen MR) is 85.8 cm³/mol. The van der Waals surface area contributed by atoms with Crippen LogP contribution in [0.2, 0.25) is 0 Å². The molecule has 6 heteroatoms. The molecular formula is C16H25N5O. The number of nitrogens with one attached hydrogen (secondary N) is 1. The third-order valence-electron chi connectivity index (χ3n) is 4.66. The van der Waals surface area contributed by atoms with Crippen molar-refractivity contribution in [2.45, 2.75) is 26.2 Å². The predicted octanol–water partition coefficient (Wildman–Crippen LogP) is 0.687. The number of piperidine rings is 1. The Morgan fingerprint density at radius 3 is 2.82 bits per heavy atom. The molecular weight excluding hydrogens is 278 g/mol. The molecule has 3 heterocycles. The lowest BCUT2D eigenvalue weighted by molar-refractivity contribution is -0.129. The van der Waals surface area contributed by atoms with E-state index < -0.39 is 0 Å². The molecule has 6 nitrogen and oxygen atoms in total. The van der Waals surface area contributed by atoms with E-state index in [0.29, 0.717) is 5.92 Å². The summed E-state index contributed by atoms with van der Waals surface area (Å²) in [5, 5.41) is 3.46. The van der Waals surface area contributed by atoms with Gasteiger partial charge in [0.1, 0.15) is 12.1 Å². The van der Waals surface area contributed by atoms with E-state index in [1.54, 1.807) is 13.3 Å². The van der Waals surface area contributed by atoms with Gasteiger partial charge in [-0.3, -0.25) is 4.79 Å². The van der Waals surface area contributed by atoms with Crippen molar-refractivity contribution in [1.29, 1.82) is 0 Å². The van der Waals surface area contributed by atoms with Crippen molar-refractivity contribution in [2.24, 2.45) is 5.92 Å². The average Bonchev–Trinajstić information content (AvgIpc) is 2.56. The molecule has 1 aromatic rings. The summed E-state index contributed by atoms with van der Waals surface area (Å²) in [6, 6.07) is 2.12. The number of carbonyl (C=O) groups excluding carboxylic acids is 1. The number of hydrogen-bond donors (Lipinski definition) is 1. The number of amides is 1. The summed E-state index contributed by atoms with van der Waals surface area (Å²) in [6.45, 7) is 7.13. The molecule has 0 unspecified atom stereocenters. The Bertz CT molecular complexity index is 507. The van der Waals surface area contributed by atoms with E-state index in [9.17, 15) is 4.79 Å². The van der Waals surface area contributed by atoms with E-state index in [0.717, 1.165) is 57.2 Å². The first kappa shape index (κ1) is 15.2. The van der Waals surface area contributed by atoms with Crippen molar-refractivity contribution in [3.8, 4) is 0 Å². The van der Waals surface area contributed by atoms with Crippen molar-refractivity contribution >= 4 is 11.7 Å². The van der Waals surface area contributed by atoms with Gasteiger partial charge >= 0.3 is 0 Å². The maximum absolute atomic E-state index is 11.4. The topological polar surface area (TPSA) is 61.4 Å². The lowest BCUT2D eigenvalue weighted by Crippen LogP contribution is -2.48. The van der Waals surface area contributed by atoms with E-state index in [4.69, 9.17) is 0 Å². The molecule has 22 heavy (non-hydrogen) atoms. The molecule has 3 rings (SSSR count). The summed E-state index contributed by atoms with van der Waals surface area (Å²) in [6.07, 6.45) is 5.24. The van der Waals surface area contributed by atoms with Gasteiger partial charge in [-0.2, -0.15) is 0 Å². The van der Waals surface area contributed by atoms with Gasteiger partial charge in [-0.05, 0) is 38.3 Å². The van der Waals surface area contributed by atoms with E-state index in [2.05, 4.69) is 26.3 Å². The molecule has 2 fully saturated rings. The van der Waals surface area contributed by atoms with Crippen molar-refractivity contribution in [2.75, 3.05) is 44.2 Å². The van der Waals surface area contributed by atoms with Crippen LogP contribution in [-0.2, 0) is 11.2 Å². The first-order valence-electron chi connectivity index (χ1n) is 8.24. The largest absolute Gasteiger partial charge is 0.353 e. The highest BCUT2D eigenvalue weighted by Gasteiger charge is 2.20. The van der Waals surface area contributed by atoms with Gasteiger partial charge in [0.25, 0.3) is 0 Å². The summed E-state index contributed by atoms with van der Waals surface area (Å²) in [7, 11) is 0. The van der Waals surface area contributed by atoms with Gasteiger partial charge in [-0.1, -0.05) is 0 Å². The van der Waals surface area contributed by atoms with Crippen molar-refractivity contribution in [3.63, 3.8) is 0 Å². The number of anilines is 1. The second-order valence-corrected chi connectivity index (χ2v) is 6.28. The normalized spacial score (nSPS) is 22.7. The van der Waals surface area contributed by atoms with E-state index in [1.165, 1.54) is 12.8 Å². The van der Waals surface area contributed by atoms with Crippen LogP contribution in [0.15, 0.2) is 12.4 Å². The van der Waals surface area contributed by atoms with E-state index >= 15 is 0 Å². The minimum absolute atomic E-state index is 0.160. The summed E-state index contributed by atoms with van der Waals surface area (Å²) in [5.41, 5.74) is 1.13. The smallest absolute Gasteiger partial charge is 0.219 e. The Morgan fingerprint density at radius 2 is 2.14 bits per heavy atom. The Hall–Kier alpha value is -1.69. The molecule has 0 spiro atoms. The highest BCUT2D eigenvalue weighted by molar-refractivity contribution is 5.73. The fourth-order valence-electron chi connectivity index (χ4n) is 3.31. The van der Waals surface area contributed by atoms with Gasteiger partial charge in [-0.15, -0.1) is 0 Å². The summed E-state index contributed by atoms with van der Waals surface area (Å²) in [5.74, 6) is 1.84. The van der Waals surface area contributed by atoms with E-state index in [-0.39, 0.29) is 5.91 Å². The van der Waals surface area contributed by atoms with Gasteiger partial charge in [0.2, 0.25) is 5.91 Å². The molecule has 0 aliphatic carbocycles. The lowest BCUT2D eigenvalue weighted by Gasteiger charge is -2.35. The summed E-state index contributed by atoms with van der Waals surface area (Å²) >= 11 is 0. The number of hydrogen-bond acceptors (Lipinski definition) is 5. The van der Waals surface area contributed by atoms with Gasteiger partial charge in [0.05, 0.1) is 0 Å². The van der Waals surface area contributed by atoms with Crippen LogP contribution in [0.1, 0.15) is 25.5 Å². The van der Waals surface area contributed by atoms with Crippen LogP contribution in [0.4, 0.5) is 5.82 Å². The molecule has 2 saturated heterocycles. The second-order valence-electron chi connectivity index (χ2n) is 6.28. The number of nitrogens with zero attached hydrogens (tertiary/aromatic N) is 4. The molecule has 1 atom stereocenters. The van der Waals surface area contributed by atoms with Crippen LogP contribution in [0.3, 0.4) is 0 Å². The summed E-state index contributed by atoms with van der Waals surface area (Å²) in [4.78, 5) is 24.4. The van der Waals surface area contributed by atoms with Gasteiger partial charge in [0, 0.05) is 44.9 Å². The lowest BCUT2D eigenvalue weighted by atomic mass is 9.94. The molecule has 0 radical (unpaired) electrons. The van der Waals surface area contributed by atoms with Crippen molar-refractivity contribution < 1.29 is 4.79 Å². The Labute approximate surface area is 131 Å². The molecule has 0 saturated carbocycles. The van der Waals surface area contributed by atoms with Crippen LogP contribution >= 0.6 is 0 Å². The van der Waals surface area contributed by atoms with Crippen molar-refractivity contribution in [3.05, 3.63) is 18.1 Å². The highest BCUT2D eigenvalue weighted by Crippen LogP contribution is 2.19. The van der Waals surface area contributed by atoms with Gasteiger partial charge in [0.15, 0.2) is 0 Å². The fourth-order valence-corrected chi connectivity index (χ4v) is 3.31. The van der Waals surface area contributed by atoms with Crippen LogP contribution in [-0.4, -0.2) is 60.0 Å². The first-order chi connectivity index (χ1) is 10.7. The zero-order valence-corrected chi connectivity index (χ0v) is 13.3. The first-order valence-corrected chi connectivity index (χ1v) is 8.24. The SMILES string of the molecule is CC(=O)N1CCN(c2cc(C[C@@H]3CCCNC3)ncn2)CC1. The minimum atomic E-state index is 0.160. The van der Waals surface area contributed by atoms with Crippen LogP contribution in [0.5, 0.6) is 0 Å². The third kappa shape index (κ3) is 3.74.